The average molecular weight is 807 g/mol. The van der Waals surface area contributed by atoms with Crippen molar-refractivity contribution in [1.29, 1.82) is 0 Å². The predicted molar refractivity (Wildman–Crippen MR) is 251 cm³/mol. The number of nitrogens with zero attached hydrogens (tertiary/aromatic N) is 2. The molecule has 3 aliphatic carbocycles. The van der Waals surface area contributed by atoms with Gasteiger partial charge in [0, 0.05) is 63.9 Å². The van der Waals surface area contributed by atoms with E-state index in [2.05, 4.69) is 91.1 Å². The van der Waals surface area contributed by atoms with Gasteiger partial charge in [-0.05, 0) is 118 Å². The van der Waals surface area contributed by atoms with Crippen LogP contribution in [0.4, 0.5) is 4.39 Å². The monoisotopic (exact) mass is 807 g/mol. The maximum absolute atomic E-state index is 15.6. The molecule has 1 aromatic carbocycles. The number of aromatic nitrogens is 1. The summed E-state index contributed by atoms with van der Waals surface area (Å²) in [5, 5.41) is 15.8. The normalized spacial score (nSPS) is 20.6. The molecule has 4 atom stereocenters. The second-order valence-electron chi connectivity index (χ2n) is 17.5. The lowest BCUT2D eigenvalue weighted by Crippen LogP contribution is -2.37. The van der Waals surface area contributed by atoms with E-state index in [0.717, 1.165) is 126 Å². The van der Waals surface area contributed by atoms with Crippen molar-refractivity contribution in [3.05, 3.63) is 167 Å². The van der Waals surface area contributed by atoms with Crippen molar-refractivity contribution in [3.8, 4) is 0 Å². The molecule has 7 rings (SSSR count). The number of halogens is 1. The van der Waals surface area contributed by atoms with Gasteiger partial charge >= 0.3 is 0 Å². The van der Waals surface area contributed by atoms with Gasteiger partial charge in [0.15, 0.2) is 0 Å². The number of rotatable bonds is 20. The van der Waals surface area contributed by atoms with E-state index in [-0.39, 0.29) is 17.9 Å². The van der Waals surface area contributed by atoms with Crippen LogP contribution in [0.3, 0.4) is 0 Å². The molecule has 0 saturated heterocycles. The largest absolute Gasteiger partial charge is 0.387 e. The SMILES string of the molecule is C=C(CNC(=C)C(C/C=C/C=C\C=C/C)NC(=C)CC)NCCC(C(=C)NC1CCc2c(C)c(F)cc3nc4c(c1c23)CN1C(=C)C2=C(C=C41)C(CC)C(=C)CC2)C1CC1. The van der Waals surface area contributed by atoms with E-state index in [9.17, 15) is 0 Å². The maximum Gasteiger partial charge on any atom is 0.128 e. The summed E-state index contributed by atoms with van der Waals surface area (Å²) >= 11 is 0. The molecule has 60 heavy (non-hydrogen) atoms. The fourth-order valence-corrected chi connectivity index (χ4v) is 9.90. The topological polar surface area (TPSA) is 64.2 Å². The summed E-state index contributed by atoms with van der Waals surface area (Å²) in [7, 11) is 0. The molecule has 0 radical (unpaired) electrons. The van der Waals surface area contributed by atoms with Gasteiger partial charge in [-0.25, -0.2) is 9.37 Å². The zero-order chi connectivity index (χ0) is 42.7. The Balaban J connectivity index is 1.04. The van der Waals surface area contributed by atoms with E-state index >= 15 is 4.39 Å². The van der Waals surface area contributed by atoms with E-state index in [1.165, 1.54) is 40.7 Å². The first-order valence-corrected chi connectivity index (χ1v) is 22.4. The Labute approximate surface area is 359 Å². The number of aryl methyl sites for hydroxylation is 1. The Kier molecular flexibility index (Phi) is 13.2. The lowest BCUT2D eigenvalue weighted by atomic mass is 9.75. The lowest BCUT2D eigenvalue weighted by Gasteiger charge is -2.37. The van der Waals surface area contributed by atoms with E-state index in [4.69, 9.17) is 11.6 Å². The highest BCUT2D eigenvalue weighted by Crippen LogP contribution is 2.52. The van der Waals surface area contributed by atoms with Crippen LogP contribution in [-0.2, 0) is 13.0 Å². The first-order chi connectivity index (χ1) is 28.9. The minimum absolute atomic E-state index is 0.0236. The number of allylic oxidation sites excluding steroid dienone is 11. The molecule has 0 spiro atoms. The van der Waals surface area contributed by atoms with E-state index < -0.39 is 0 Å². The van der Waals surface area contributed by atoms with Gasteiger partial charge in [0.05, 0.1) is 42.1 Å². The quantitative estimate of drug-likeness (QED) is 0.0790. The van der Waals surface area contributed by atoms with Crippen molar-refractivity contribution in [2.45, 2.75) is 111 Å². The van der Waals surface area contributed by atoms with Crippen LogP contribution < -0.4 is 21.3 Å². The third-order valence-electron chi connectivity index (χ3n) is 13.5. The maximum atomic E-state index is 15.6. The second-order valence-corrected chi connectivity index (χ2v) is 17.5. The van der Waals surface area contributed by atoms with Gasteiger partial charge in [0.2, 0.25) is 0 Å². The summed E-state index contributed by atoms with van der Waals surface area (Å²) < 4.78 is 15.6. The standard InChI is InChI=1S/C53H67FN6/c1-11-14-15-16-17-18-19-47(57-33(5)12-2)37(9)56-30-34(6)55-27-26-42(39-21-22-39)36(8)58-48-25-24-41-35(7)46(54)29-49-51(41)52(48)45-31-60-38(10)43-23-20-32(4)40(13-3)44(43)28-50(60)53(45)59-49/h11,14-18,28-29,39-40,42,47-48,55-58H,4-6,8-10,12-13,19-27,30-31H2,1-3,7H3/b14-11-,16-15-,18-17+. The second kappa shape index (κ2) is 18.5. The van der Waals surface area contributed by atoms with Crippen LogP contribution in [0.2, 0.25) is 0 Å². The summed E-state index contributed by atoms with van der Waals surface area (Å²) in [6.07, 6.45) is 24.4. The van der Waals surface area contributed by atoms with E-state index in [0.29, 0.717) is 24.3 Å². The highest BCUT2D eigenvalue weighted by Gasteiger charge is 2.41. The zero-order valence-corrected chi connectivity index (χ0v) is 36.7. The smallest absolute Gasteiger partial charge is 0.128 e. The Morgan fingerprint density at radius 2 is 1.75 bits per heavy atom. The number of fused-ring (bicyclic) bond motifs is 4. The molecule has 4 unspecified atom stereocenters. The molecule has 6 nitrogen and oxygen atoms in total. The molecule has 1 aromatic heterocycles. The minimum atomic E-state index is -0.175. The Morgan fingerprint density at radius 1 is 0.967 bits per heavy atom. The molecule has 0 amide bonds. The fourth-order valence-electron chi connectivity index (χ4n) is 9.90. The Morgan fingerprint density at radius 3 is 2.48 bits per heavy atom. The van der Waals surface area contributed by atoms with Gasteiger partial charge in [-0.15, -0.1) is 0 Å². The van der Waals surface area contributed by atoms with Crippen LogP contribution in [0.5, 0.6) is 0 Å². The van der Waals surface area contributed by atoms with E-state index in [1.807, 2.05) is 38.2 Å². The molecule has 316 valence electrons. The molecular formula is C53H67FN6. The minimum Gasteiger partial charge on any atom is -0.387 e. The number of hydrogen-bond acceptors (Lipinski definition) is 6. The van der Waals surface area contributed by atoms with Crippen molar-refractivity contribution in [1.82, 2.24) is 31.2 Å². The molecular weight excluding hydrogens is 740 g/mol. The number of hydrogen-bond donors (Lipinski definition) is 4. The number of benzene rings is 1. The first kappa shape index (κ1) is 42.8. The van der Waals surface area contributed by atoms with Gasteiger partial charge in [0.1, 0.15) is 5.82 Å². The van der Waals surface area contributed by atoms with Crippen LogP contribution in [0, 0.1) is 30.5 Å². The van der Waals surface area contributed by atoms with Gasteiger partial charge < -0.3 is 26.2 Å². The highest BCUT2D eigenvalue weighted by atomic mass is 19.1. The lowest BCUT2D eigenvalue weighted by molar-refractivity contribution is 0.421. The molecule has 1 fully saturated rings. The summed E-state index contributed by atoms with van der Waals surface area (Å²) in [6, 6.07) is 1.74. The van der Waals surface area contributed by atoms with Crippen LogP contribution >= 0.6 is 0 Å². The highest BCUT2D eigenvalue weighted by molar-refractivity contribution is 5.93. The number of nitrogens with one attached hydrogen (secondary N) is 4. The van der Waals surface area contributed by atoms with Crippen molar-refractivity contribution in [2.75, 3.05) is 13.1 Å². The molecule has 1 saturated carbocycles. The number of pyridine rings is 1. The molecule has 7 heteroatoms. The zero-order valence-electron chi connectivity index (χ0n) is 36.7. The predicted octanol–water partition coefficient (Wildman–Crippen LogP) is 11.7. The van der Waals surface area contributed by atoms with Gasteiger partial charge in [0.25, 0.3) is 0 Å². The van der Waals surface area contributed by atoms with Crippen LogP contribution in [0.15, 0.2) is 133 Å². The van der Waals surface area contributed by atoms with Crippen LogP contribution in [0.25, 0.3) is 16.6 Å². The summed E-state index contributed by atoms with van der Waals surface area (Å²) in [5.74, 6) is 1.10. The van der Waals surface area contributed by atoms with E-state index in [1.54, 1.807) is 6.07 Å². The molecule has 2 aliphatic heterocycles. The van der Waals surface area contributed by atoms with Crippen molar-refractivity contribution < 1.29 is 4.39 Å². The molecule has 0 bridgehead atoms. The Bertz CT molecular complexity index is 2260. The fraction of sp³-hybridized carbons (Fsp3) is 0.415. The molecule has 5 aliphatic rings. The average Bonchev–Trinajstić information content (AvgIpc) is 4.01. The van der Waals surface area contributed by atoms with Gasteiger partial charge in [-0.2, -0.15) is 0 Å². The van der Waals surface area contributed by atoms with Gasteiger partial charge in [-0.3, -0.25) is 0 Å². The third-order valence-corrected chi connectivity index (χ3v) is 13.5. The van der Waals surface area contributed by atoms with Crippen molar-refractivity contribution in [2.24, 2.45) is 17.8 Å². The molecule has 2 aromatic rings. The third kappa shape index (κ3) is 8.77. The Hall–Kier alpha value is -5.30. The van der Waals surface area contributed by atoms with Crippen molar-refractivity contribution >= 4 is 16.6 Å². The molecule has 3 heterocycles. The summed E-state index contributed by atoms with van der Waals surface area (Å²) in [6.45, 7) is 37.1. The summed E-state index contributed by atoms with van der Waals surface area (Å²) in [5.41, 5.74) is 16.2. The summed E-state index contributed by atoms with van der Waals surface area (Å²) in [4.78, 5) is 7.65. The van der Waals surface area contributed by atoms with Crippen LogP contribution in [0.1, 0.15) is 113 Å². The van der Waals surface area contributed by atoms with Gasteiger partial charge in [-0.1, -0.05) is 95.4 Å². The molecule has 4 N–H and O–H groups in total. The van der Waals surface area contributed by atoms with Crippen LogP contribution in [-0.4, -0.2) is 29.0 Å². The first-order valence-electron chi connectivity index (χ1n) is 22.4. The van der Waals surface area contributed by atoms with Crippen molar-refractivity contribution in [3.63, 3.8) is 0 Å².